The molecule has 0 bridgehead atoms. The Morgan fingerprint density at radius 2 is 2.10 bits per heavy atom. The molecule has 1 saturated carbocycles. The van der Waals surface area contributed by atoms with Crippen molar-refractivity contribution in [2.45, 2.75) is 38.8 Å². The van der Waals surface area contributed by atoms with Gasteiger partial charge in [0.25, 0.3) is 0 Å². The highest BCUT2D eigenvalue weighted by atomic mass is 19.1. The second-order valence-electron chi connectivity index (χ2n) is 5.32. The van der Waals surface area contributed by atoms with Gasteiger partial charge in [0, 0.05) is 11.6 Å². The van der Waals surface area contributed by atoms with Gasteiger partial charge in [0.2, 0.25) is 5.91 Å². The van der Waals surface area contributed by atoms with Crippen LogP contribution in [0.5, 0.6) is 0 Å². The normalized spacial score (nSPS) is 17.6. The topological polar surface area (TPSA) is 38.3 Å². The summed E-state index contributed by atoms with van der Waals surface area (Å²) in [6.07, 6.45) is 1.75. The molecule has 0 aromatic heterocycles. The van der Waals surface area contributed by atoms with Gasteiger partial charge in [0.15, 0.2) is 0 Å². The molecular formula is C15H19F2NO2. The van der Waals surface area contributed by atoms with Crippen LogP contribution in [0.15, 0.2) is 18.2 Å². The molecule has 20 heavy (non-hydrogen) atoms. The van der Waals surface area contributed by atoms with Crippen LogP contribution in [0.4, 0.5) is 8.78 Å². The zero-order valence-electron chi connectivity index (χ0n) is 11.7. The van der Waals surface area contributed by atoms with Crippen molar-refractivity contribution in [3.8, 4) is 0 Å². The van der Waals surface area contributed by atoms with Crippen molar-refractivity contribution in [2.24, 2.45) is 5.92 Å². The van der Waals surface area contributed by atoms with E-state index in [4.69, 9.17) is 4.74 Å². The van der Waals surface area contributed by atoms with E-state index in [2.05, 4.69) is 5.32 Å². The van der Waals surface area contributed by atoms with Crippen LogP contribution in [0.1, 0.15) is 38.3 Å². The Morgan fingerprint density at radius 3 is 2.70 bits per heavy atom. The van der Waals surface area contributed by atoms with Crippen molar-refractivity contribution in [1.82, 2.24) is 5.32 Å². The van der Waals surface area contributed by atoms with Crippen molar-refractivity contribution in [3.05, 3.63) is 35.4 Å². The number of amides is 1. The summed E-state index contributed by atoms with van der Waals surface area (Å²) >= 11 is 0. The molecule has 1 aliphatic carbocycles. The first-order valence-corrected chi connectivity index (χ1v) is 6.84. The van der Waals surface area contributed by atoms with E-state index in [0.717, 1.165) is 18.9 Å². The fraction of sp³-hybridized carbons (Fsp3) is 0.533. The molecule has 1 fully saturated rings. The number of carbonyl (C=O) groups is 1. The van der Waals surface area contributed by atoms with Crippen molar-refractivity contribution in [3.63, 3.8) is 0 Å². The zero-order chi connectivity index (χ0) is 14.7. The number of hydrogen-bond acceptors (Lipinski definition) is 2. The van der Waals surface area contributed by atoms with Crippen LogP contribution >= 0.6 is 0 Å². The summed E-state index contributed by atoms with van der Waals surface area (Å²) in [4.78, 5) is 11.9. The molecule has 0 aliphatic heterocycles. The molecule has 1 aliphatic rings. The number of nitrogens with one attached hydrogen (secondary N) is 1. The van der Waals surface area contributed by atoms with Crippen LogP contribution in [0, 0.1) is 17.6 Å². The van der Waals surface area contributed by atoms with E-state index in [9.17, 15) is 13.6 Å². The number of benzene rings is 1. The van der Waals surface area contributed by atoms with Gasteiger partial charge < -0.3 is 10.1 Å². The first-order valence-electron chi connectivity index (χ1n) is 6.84. The lowest BCUT2D eigenvalue weighted by molar-refractivity contribution is -0.132. The molecule has 5 heteroatoms. The zero-order valence-corrected chi connectivity index (χ0v) is 11.7. The number of ether oxygens (including phenoxy) is 1. The Labute approximate surface area is 117 Å². The molecule has 0 spiro atoms. The van der Waals surface area contributed by atoms with Gasteiger partial charge in [-0.2, -0.15) is 0 Å². The number of rotatable bonds is 6. The second-order valence-corrected chi connectivity index (χ2v) is 5.32. The van der Waals surface area contributed by atoms with E-state index in [1.807, 2.05) is 0 Å². The summed E-state index contributed by atoms with van der Waals surface area (Å²) in [5.41, 5.74) is 0.258. The van der Waals surface area contributed by atoms with Gasteiger partial charge in [0.1, 0.15) is 17.7 Å². The Hall–Kier alpha value is -1.49. The molecule has 1 aromatic rings. The van der Waals surface area contributed by atoms with E-state index < -0.39 is 23.8 Å². The maximum absolute atomic E-state index is 13.6. The average molecular weight is 283 g/mol. The standard InChI is InChI=1S/C15H19F2NO2/c1-9(13-6-5-12(16)7-14(13)17)18-15(19)10(2)20-8-11-3-4-11/h5-7,9-11H,3-4,8H2,1-2H3,(H,18,19). The predicted octanol–water partition coefficient (Wildman–Crippen LogP) is 2.96. The summed E-state index contributed by atoms with van der Waals surface area (Å²) in [5, 5.41) is 2.67. The van der Waals surface area contributed by atoms with Gasteiger partial charge in [-0.05, 0) is 38.7 Å². The van der Waals surface area contributed by atoms with Crippen LogP contribution < -0.4 is 5.32 Å². The third-order valence-electron chi connectivity index (χ3n) is 3.44. The minimum Gasteiger partial charge on any atom is -0.368 e. The minimum atomic E-state index is -0.663. The fourth-order valence-corrected chi connectivity index (χ4v) is 1.90. The maximum atomic E-state index is 13.6. The Balaban J connectivity index is 1.88. The molecule has 110 valence electrons. The van der Waals surface area contributed by atoms with Crippen LogP contribution in [0.3, 0.4) is 0 Å². The van der Waals surface area contributed by atoms with Gasteiger partial charge in [-0.15, -0.1) is 0 Å². The monoisotopic (exact) mass is 283 g/mol. The maximum Gasteiger partial charge on any atom is 0.249 e. The summed E-state index contributed by atoms with van der Waals surface area (Å²) in [6, 6.07) is 2.79. The van der Waals surface area contributed by atoms with E-state index >= 15 is 0 Å². The van der Waals surface area contributed by atoms with Gasteiger partial charge in [-0.25, -0.2) is 8.78 Å². The molecule has 0 radical (unpaired) electrons. The largest absolute Gasteiger partial charge is 0.368 e. The molecule has 2 atom stereocenters. The quantitative estimate of drug-likeness (QED) is 0.871. The summed E-state index contributed by atoms with van der Waals surface area (Å²) in [5.74, 6) is -1.01. The van der Waals surface area contributed by atoms with Crippen LogP contribution in [-0.2, 0) is 9.53 Å². The molecular weight excluding hydrogens is 264 g/mol. The summed E-state index contributed by atoms with van der Waals surface area (Å²) < 4.78 is 31.9. The fourth-order valence-electron chi connectivity index (χ4n) is 1.90. The van der Waals surface area contributed by atoms with Gasteiger partial charge in [-0.1, -0.05) is 6.07 Å². The highest BCUT2D eigenvalue weighted by molar-refractivity contribution is 5.80. The molecule has 3 nitrogen and oxygen atoms in total. The molecule has 1 N–H and O–H groups in total. The van der Waals surface area contributed by atoms with Crippen LogP contribution in [0.25, 0.3) is 0 Å². The molecule has 2 unspecified atom stereocenters. The third-order valence-corrected chi connectivity index (χ3v) is 3.44. The SMILES string of the molecule is CC(OCC1CC1)C(=O)NC(C)c1ccc(F)cc1F. The smallest absolute Gasteiger partial charge is 0.249 e. The van der Waals surface area contributed by atoms with Crippen molar-refractivity contribution < 1.29 is 18.3 Å². The lowest BCUT2D eigenvalue weighted by atomic mass is 10.1. The molecule has 1 aromatic carbocycles. The van der Waals surface area contributed by atoms with Gasteiger partial charge >= 0.3 is 0 Å². The lowest BCUT2D eigenvalue weighted by Gasteiger charge is -2.18. The van der Waals surface area contributed by atoms with Gasteiger partial charge in [-0.3, -0.25) is 4.79 Å². The van der Waals surface area contributed by atoms with Crippen molar-refractivity contribution in [2.75, 3.05) is 6.61 Å². The Morgan fingerprint density at radius 1 is 1.40 bits per heavy atom. The molecule has 0 heterocycles. The van der Waals surface area contributed by atoms with E-state index in [1.54, 1.807) is 13.8 Å². The first kappa shape index (κ1) is 14.9. The Bertz CT molecular complexity index is 489. The van der Waals surface area contributed by atoms with Gasteiger partial charge in [0.05, 0.1) is 12.6 Å². The van der Waals surface area contributed by atoms with E-state index in [0.29, 0.717) is 12.5 Å². The number of hydrogen-bond donors (Lipinski definition) is 1. The Kier molecular flexibility index (Phi) is 4.70. The van der Waals surface area contributed by atoms with Crippen molar-refractivity contribution >= 4 is 5.91 Å². The molecule has 1 amide bonds. The molecule has 0 saturated heterocycles. The highest BCUT2D eigenvalue weighted by Gasteiger charge is 2.25. The first-order chi connectivity index (χ1) is 9.47. The van der Waals surface area contributed by atoms with Crippen LogP contribution in [-0.4, -0.2) is 18.6 Å². The summed E-state index contributed by atoms with van der Waals surface area (Å²) in [7, 11) is 0. The minimum absolute atomic E-state index is 0.258. The van der Waals surface area contributed by atoms with Crippen LogP contribution in [0.2, 0.25) is 0 Å². The van der Waals surface area contributed by atoms with Crippen molar-refractivity contribution in [1.29, 1.82) is 0 Å². The summed E-state index contributed by atoms with van der Waals surface area (Å²) in [6.45, 7) is 3.92. The van der Waals surface area contributed by atoms with E-state index in [1.165, 1.54) is 12.1 Å². The number of halogens is 2. The van der Waals surface area contributed by atoms with E-state index in [-0.39, 0.29) is 11.5 Å². The lowest BCUT2D eigenvalue weighted by Crippen LogP contribution is -2.36. The highest BCUT2D eigenvalue weighted by Crippen LogP contribution is 2.29. The predicted molar refractivity (Wildman–Crippen MR) is 71.1 cm³/mol. The average Bonchev–Trinajstić information content (AvgIpc) is 3.19. The number of carbonyl (C=O) groups excluding carboxylic acids is 1. The third kappa shape index (κ3) is 4.00. The second kappa shape index (κ2) is 6.31. The molecule has 2 rings (SSSR count).